The Hall–Kier alpha value is -1.44. The SMILES string of the molecule is CCCNC(C#N)(CN(C)CCc1ccccn1)C1CC1. The van der Waals surface area contributed by atoms with Gasteiger partial charge in [-0.2, -0.15) is 5.26 Å². The van der Waals surface area contributed by atoms with E-state index < -0.39 is 0 Å². The highest BCUT2D eigenvalue weighted by Gasteiger charge is 2.45. The van der Waals surface area contributed by atoms with Crippen LogP contribution in [0.2, 0.25) is 0 Å². The van der Waals surface area contributed by atoms with Crippen LogP contribution in [0.15, 0.2) is 24.4 Å². The van der Waals surface area contributed by atoms with Gasteiger partial charge >= 0.3 is 0 Å². The normalized spacial score (nSPS) is 17.4. The van der Waals surface area contributed by atoms with Crippen molar-refractivity contribution in [3.05, 3.63) is 30.1 Å². The highest BCUT2D eigenvalue weighted by Crippen LogP contribution is 2.39. The van der Waals surface area contributed by atoms with E-state index in [1.54, 1.807) is 0 Å². The Morgan fingerprint density at radius 1 is 1.48 bits per heavy atom. The molecule has 4 heteroatoms. The summed E-state index contributed by atoms with van der Waals surface area (Å²) in [6.07, 6.45) is 6.18. The predicted molar refractivity (Wildman–Crippen MR) is 84.8 cm³/mol. The van der Waals surface area contributed by atoms with Crippen molar-refractivity contribution >= 4 is 0 Å². The molecule has 0 aromatic carbocycles. The molecule has 1 saturated carbocycles. The quantitative estimate of drug-likeness (QED) is 0.756. The van der Waals surface area contributed by atoms with Crippen LogP contribution >= 0.6 is 0 Å². The molecule has 1 aliphatic carbocycles. The number of nitrogens with one attached hydrogen (secondary N) is 1. The lowest BCUT2D eigenvalue weighted by Gasteiger charge is -2.32. The van der Waals surface area contributed by atoms with E-state index >= 15 is 0 Å². The van der Waals surface area contributed by atoms with E-state index in [9.17, 15) is 5.26 Å². The van der Waals surface area contributed by atoms with E-state index in [0.29, 0.717) is 5.92 Å². The molecular formula is C17H26N4. The van der Waals surface area contributed by atoms with Crippen LogP contribution in [-0.2, 0) is 6.42 Å². The second-order valence-corrected chi connectivity index (χ2v) is 6.09. The van der Waals surface area contributed by atoms with Crippen molar-refractivity contribution in [3.8, 4) is 6.07 Å². The molecule has 1 aliphatic rings. The summed E-state index contributed by atoms with van der Waals surface area (Å²) >= 11 is 0. The third kappa shape index (κ3) is 4.52. The minimum absolute atomic E-state index is 0.366. The summed E-state index contributed by atoms with van der Waals surface area (Å²) in [4.78, 5) is 6.62. The molecule has 0 saturated heterocycles. The largest absolute Gasteiger partial charge is 0.303 e. The third-order valence-electron chi connectivity index (χ3n) is 4.16. The number of aromatic nitrogens is 1. The first-order valence-electron chi connectivity index (χ1n) is 7.95. The van der Waals surface area contributed by atoms with Crippen LogP contribution in [0.1, 0.15) is 31.9 Å². The van der Waals surface area contributed by atoms with Gasteiger partial charge in [0.2, 0.25) is 0 Å². The number of hydrogen-bond donors (Lipinski definition) is 1. The molecule has 1 atom stereocenters. The lowest BCUT2D eigenvalue weighted by molar-refractivity contribution is 0.229. The number of pyridine rings is 1. The van der Waals surface area contributed by atoms with E-state index in [1.807, 2.05) is 18.3 Å². The van der Waals surface area contributed by atoms with Crippen molar-refractivity contribution in [1.29, 1.82) is 5.26 Å². The maximum absolute atomic E-state index is 9.70. The zero-order chi connectivity index (χ0) is 15.1. The van der Waals surface area contributed by atoms with Crippen LogP contribution in [0, 0.1) is 17.2 Å². The average Bonchev–Trinajstić information content (AvgIpc) is 3.36. The first-order valence-corrected chi connectivity index (χ1v) is 7.95. The summed E-state index contributed by atoms with van der Waals surface area (Å²) in [7, 11) is 2.10. The van der Waals surface area contributed by atoms with Crippen LogP contribution in [0.25, 0.3) is 0 Å². The average molecular weight is 286 g/mol. The number of hydrogen-bond acceptors (Lipinski definition) is 4. The summed E-state index contributed by atoms with van der Waals surface area (Å²) in [6.45, 7) is 4.78. The molecule has 1 N–H and O–H groups in total. The van der Waals surface area contributed by atoms with Crippen molar-refractivity contribution in [2.45, 2.75) is 38.1 Å². The Labute approximate surface area is 128 Å². The Morgan fingerprint density at radius 2 is 2.29 bits per heavy atom. The fraction of sp³-hybridized carbons (Fsp3) is 0.647. The fourth-order valence-corrected chi connectivity index (χ4v) is 2.78. The molecule has 1 unspecified atom stereocenters. The Balaban J connectivity index is 1.89. The van der Waals surface area contributed by atoms with E-state index in [1.165, 1.54) is 12.8 Å². The van der Waals surface area contributed by atoms with Crippen molar-refractivity contribution in [2.24, 2.45) is 5.92 Å². The van der Waals surface area contributed by atoms with Crippen LogP contribution in [-0.4, -0.2) is 42.1 Å². The van der Waals surface area contributed by atoms with Gasteiger partial charge in [0.1, 0.15) is 5.54 Å². The molecule has 1 fully saturated rings. The van der Waals surface area contributed by atoms with Gasteiger partial charge in [0.25, 0.3) is 0 Å². The summed E-state index contributed by atoms with van der Waals surface area (Å²) < 4.78 is 0. The maximum Gasteiger partial charge on any atom is 0.122 e. The Bertz CT molecular complexity index is 463. The van der Waals surface area contributed by atoms with Crippen LogP contribution < -0.4 is 5.32 Å². The van der Waals surface area contributed by atoms with Crippen molar-refractivity contribution in [1.82, 2.24) is 15.2 Å². The standard InChI is InChI=1S/C17H26N4/c1-3-10-20-17(13-18,15-7-8-15)14-21(2)12-9-16-6-4-5-11-19-16/h4-6,11,15,20H,3,7-10,12,14H2,1-2H3. The molecule has 2 rings (SSSR count). The summed E-state index contributed by atoms with van der Waals surface area (Å²) in [5, 5.41) is 13.2. The van der Waals surface area contributed by atoms with E-state index in [-0.39, 0.29) is 5.54 Å². The third-order valence-corrected chi connectivity index (χ3v) is 4.16. The molecule has 1 heterocycles. The molecule has 0 aliphatic heterocycles. The van der Waals surface area contributed by atoms with Crippen molar-refractivity contribution < 1.29 is 0 Å². The molecule has 0 radical (unpaired) electrons. The molecule has 0 amide bonds. The Morgan fingerprint density at radius 3 is 2.86 bits per heavy atom. The lowest BCUT2D eigenvalue weighted by atomic mass is 9.94. The van der Waals surface area contributed by atoms with Gasteiger partial charge in [-0.15, -0.1) is 0 Å². The fourth-order valence-electron chi connectivity index (χ4n) is 2.78. The molecule has 1 aromatic heterocycles. The van der Waals surface area contributed by atoms with Gasteiger partial charge in [-0.25, -0.2) is 0 Å². The summed E-state index contributed by atoms with van der Waals surface area (Å²) in [5.41, 5.74) is 0.745. The monoisotopic (exact) mass is 286 g/mol. The second kappa shape index (κ2) is 7.53. The molecule has 21 heavy (non-hydrogen) atoms. The van der Waals surface area contributed by atoms with Gasteiger partial charge < -0.3 is 4.90 Å². The van der Waals surface area contributed by atoms with Gasteiger partial charge in [0.05, 0.1) is 6.07 Å². The van der Waals surface area contributed by atoms with Crippen LogP contribution in [0.4, 0.5) is 0 Å². The topological polar surface area (TPSA) is 52.0 Å². The van der Waals surface area contributed by atoms with Crippen molar-refractivity contribution in [3.63, 3.8) is 0 Å². The minimum atomic E-state index is -0.366. The molecular weight excluding hydrogens is 260 g/mol. The maximum atomic E-state index is 9.70. The molecule has 114 valence electrons. The lowest BCUT2D eigenvalue weighted by Crippen LogP contribution is -2.54. The van der Waals surface area contributed by atoms with Crippen LogP contribution in [0.5, 0.6) is 0 Å². The number of nitrogens with zero attached hydrogens (tertiary/aromatic N) is 3. The van der Waals surface area contributed by atoms with Gasteiger partial charge in [0.15, 0.2) is 0 Å². The predicted octanol–water partition coefficient (Wildman–Crippen LogP) is 2.23. The van der Waals surface area contributed by atoms with E-state index in [0.717, 1.165) is 38.2 Å². The van der Waals surface area contributed by atoms with E-state index in [4.69, 9.17) is 0 Å². The highest BCUT2D eigenvalue weighted by molar-refractivity contribution is 5.16. The summed E-state index contributed by atoms with van der Waals surface area (Å²) in [6, 6.07) is 8.59. The first-order chi connectivity index (χ1) is 10.2. The number of rotatable bonds is 9. The Kier molecular flexibility index (Phi) is 5.72. The van der Waals surface area contributed by atoms with Gasteiger partial charge in [-0.3, -0.25) is 10.3 Å². The minimum Gasteiger partial charge on any atom is -0.303 e. The zero-order valence-electron chi connectivity index (χ0n) is 13.2. The molecule has 0 bridgehead atoms. The second-order valence-electron chi connectivity index (χ2n) is 6.09. The number of nitriles is 1. The molecule has 0 spiro atoms. The van der Waals surface area contributed by atoms with Gasteiger partial charge in [0, 0.05) is 31.4 Å². The van der Waals surface area contributed by atoms with Gasteiger partial charge in [-0.1, -0.05) is 13.0 Å². The number of likely N-dealkylation sites (N-methyl/N-ethyl adjacent to an activating group) is 1. The van der Waals surface area contributed by atoms with Crippen molar-refractivity contribution in [2.75, 3.05) is 26.7 Å². The van der Waals surface area contributed by atoms with E-state index in [2.05, 4.69) is 41.3 Å². The highest BCUT2D eigenvalue weighted by atomic mass is 15.2. The first kappa shape index (κ1) is 15.9. The molecule has 4 nitrogen and oxygen atoms in total. The smallest absolute Gasteiger partial charge is 0.122 e. The summed E-state index contributed by atoms with van der Waals surface area (Å²) in [5.74, 6) is 0.520. The molecule has 1 aromatic rings. The van der Waals surface area contributed by atoms with Gasteiger partial charge in [-0.05, 0) is 50.9 Å². The van der Waals surface area contributed by atoms with Crippen LogP contribution in [0.3, 0.4) is 0 Å². The zero-order valence-corrected chi connectivity index (χ0v) is 13.2.